The summed E-state index contributed by atoms with van der Waals surface area (Å²) in [6, 6.07) is 14.4. The molecule has 0 spiro atoms. The van der Waals surface area contributed by atoms with E-state index in [4.69, 9.17) is 9.47 Å². The van der Waals surface area contributed by atoms with Crippen LogP contribution in [-0.2, 0) is 6.54 Å². The largest absolute Gasteiger partial charge is 0.497 e. The number of hydrogen-bond acceptors (Lipinski definition) is 7. The standard InChI is InChI=1S/C25H24N6O4/c1-34-18-6-3-15(4-7-18)12-30-13-20-21(14-30)31-23(25(33)29-20)19(11-27-31)28-24(32)16-5-8-22(35-2)17(9-16)10-26/h3-9,11,20-21H,12-14H2,1-2H3,(H,28,32)(H,29,33)/t20-,21+/m0/s1. The van der Waals surface area contributed by atoms with Gasteiger partial charge in [0.15, 0.2) is 0 Å². The fourth-order valence-electron chi connectivity index (χ4n) is 4.67. The number of likely N-dealkylation sites (tertiary alicyclic amines) is 1. The number of nitrogens with zero attached hydrogens (tertiary/aromatic N) is 4. The molecule has 1 aromatic heterocycles. The molecule has 10 heteroatoms. The number of methoxy groups -OCH3 is 2. The molecule has 2 aliphatic rings. The Hall–Kier alpha value is -4.36. The molecule has 5 rings (SSSR count). The number of fused-ring (bicyclic) bond motifs is 3. The number of nitriles is 1. The van der Waals surface area contributed by atoms with E-state index in [1.165, 1.54) is 19.4 Å². The Morgan fingerprint density at radius 3 is 2.71 bits per heavy atom. The first kappa shape index (κ1) is 22.4. The van der Waals surface area contributed by atoms with Crippen molar-refractivity contribution in [2.75, 3.05) is 32.6 Å². The topological polar surface area (TPSA) is 122 Å². The third kappa shape index (κ3) is 4.18. The van der Waals surface area contributed by atoms with E-state index in [1.54, 1.807) is 23.9 Å². The summed E-state index contributed by atoms with van der Waals surface area (Å²) in [4.78, 5) is 28.1. The summed E-state index contributed by atoms with van der Waals surface area (Å²) in [5, 5.41) is 19.6. The van der Waals surface area contributed by atoms with Crippen LogP contribution in [0.1, 0.15) is 38.0 Å². The van der Waals surface area contributed by atoms with Crippen molar-refractivity contribution in [2.24, 2.45) is 0 Å². The Morgan fingerprint density at radius 1 is 1.20 bits per heavy atom. The number of anilines is 1. The van der Waals surface area contributed by atoms with Gasteiger partial charge in [0.05, 0.1) is 43.8 Å². The normalized spacial score (nSPS) is 18.7. The summed E-state index contributed by atoms with van der Waals surface area (Å²) in [5.74, 6) is 0.475. The molecule has 0 bridgehead atoms. The van der Waals surface area contributed by atoms with Crippen LogP contribution < -0.4 is 20.1 Å². The fourth-order valence-corrected chi connectivity index (χ4v) is 4.67. The van der Waals surface area contributed by atoms with E-state index in [9.17, 15) is 14.9 Å². The van der Waals surface area contributed by atoms with Gasteiger partial charge in [0, 0.05) is 25.2 Å². The van der Waals surface area contributed by atoms with Crippen LogP contribution in [0.4, 0.5) is 5.69 Å². The molecule has 0 aliphatic carbocycles. The van der Waals surface area contributed by atoms with Gasteiger partial charge < -0.3 is 20.1 Å². The van der Waals surface area contributed by atoms with Crippen LogP contribution in [0.25, 0.3) is 0 Å². The SMILES string of the molecule is COc1ccc(CN2C[C@@H]3NC(=O)c4c(NC(=O)c5ccc(OC)c(C#N)c5)cnn4[C@@H]3C2)cc1. The Labute approximate surface area is 202 Å². The van der Waals surface area contributed by atoms with Crippen molar-refractivity contribution >= 4 is 17.5 Å². The molecule has 10 nitrogen and oxygen atoms in total. The summed E-state index contributed by atoms with van der Waals surface area (Å²) < 4.78 is 12.1. The number of benzene rings is 2. The molecule has 2 amide bonds. The lowest BCUT2D eigenvalue weighted by atomic mass is 10.1. The van der Waals surface area contributed by atoms with E-state index in [-0.39, 0.29) is 29.1 Å². The van der Waals surface area contributed by atoms with Gasteiger partial charge in [-0.15, -0.1) is 0 Å². The van der Waals surface area contributed by atoms with Gasteiger partial charge in [-0.25, -0.2) is 0 Å². The molecular weight excluding hydrogens is 448 g/mol. The minimum Gasteiger partial charge on any atom is -0.497 e. The molecular formula is C25H24N6O4. The second kappa shape index (κ2) is 9.12. The van der Waals surface area contributed by atoms with Crippen LogP contribution in [0.15, 0.2) is 48.7 Å². The lowest BCUT2D eigenvalue weighted by molar-refractivity contribution is 0.0889. The van der Waals surface area contributed by atoms with Gasteiger partial charge in [0.2, 0.25) is 0 Å². The number of nitrogens with one attached hydrogen (secondary N) is 2. The summed E-state index contributed by atoms with van der Waals surface area (Å²) in [7, 11) is 3.10. The zero-order chi connectivity index (χ0) is 24.5. The minimum atomic E-state index is -0.442. The molecule has 35 heavy (non-hydrogen) atoms. The summed E-state index contributed by atoms with van der Waals surface area (Å²) in [6.07, 6.45) is 1.50. The van der Waals surface area contributed by atoms with Crippen LogP contribution in [0, 0.1) is 11.3 Å². The van der Waals surface area contributed by atoms with Gasteiger partial charge in [-0.05, 0) is 35.9 Å². The maximum absolute atomic E-state index is 12.9. The molecule has 178 valence electrons. The number of carbonyl (C=O) groups excluding carboxylic acids is 2. The van der Waals surface area contributed by atoms with Gasteiger partial charge in [-0.2, -0.15) is 10.4 Å². The van der Waals surface area contributed by atoms with Gasteiger partial charge in [0.25, 0.3) is 11.8 Å². The smallest absolute Gasteiger partial charge is 0.272 e. The first-order valence-corrected chi connectivity index (χ1v) is 11.1. The molecule has 2 aromatic carbocycles. The van der Waals surface area contributed by atoms with Crippen molar-refractivity contribution in [3.8, 4) is 17.6 Å². The summed E-state index contributed by atoms with van der Waals surface area (Å²) in [5.41, 5.74) is 2.33. The molecule has 1 saturated heterocycles. The van der Waals surface area contributed by atoms with Gasteiger partial charge in [0.1, 0.15) is 23.3 Å². The highest BCUT2D eigenvalue weighted by molar-refractivity contribution is 6.08. The first-order valence-electron chi connectivity index (χ1n) is 11.1. The average Bonchev–Trinajstić information content (AvgIpc) is 3.48. The van der Waals surface area contributed by atoms with Gasteiger partial charge in [-0.1, -0.05) is 12.1 Å². The molecule has 2 aliphatic heterocycles. The number of carbonyl (C=O) groups is 2. The summed E-state index contributed by atoms with van der Waals surface area (Å²) >= 11 is 0. The molecule has 3 aromatic rings. The zero-order valence-corrected chi connectivity index (χ0v) is 19.3. The van der Waals surface area contributed by atoms with Crippen LogP contribution >= 0.6 is 0 Å². The van der Waals surface area contributed by atoms with E-state index in [0.29, 0.717) is 30.2 Å². The highest BCUT2D eigenvalue weighted by Crippen LogP contribution is 2.32. The molecule has 3 heterocycles. The first-order chi connectivity index (χ1) is 17.0. The Morgan fingerprint density at radius 2 is 2.00 bits per heavy atom. The highest BCUT2D eigenvalue weighted by Gasteiger charge is 2.42. The molecule has 2 N–H and O–H groups in total. The van der Waals surface area contributed by atoms with Gasteiger partial charge >= 0.3 is 0 Å². The Bertz CT molecular complexity index is 1330. The molecule has 1 fully saturated rings. The van der Waals surface area contributed by atoms with Crippen molar-refractivity contribution in [3.63, 3.8) is 0 Å². The zero-order valence-electron chi connectivity index (χ0n) is 19.3. The number of hydrogen-bond donors (Lipinski definition) is 2. The predicted octanol–water partition coefficient (Wildman–Crippen LogP) is 2.19. The van der Waals surface area contributed by atoms with E-state index < -0.39 is 5.91 Å². The van der Waals surface area contributed by atoms with Crippen LogP contribution in [-0.4, -0.2) is 59.8 Å². The second-order valence-electron chi connectivity index (χ2n) is 8.52. The second-order valence-corrected chi connectivity index (χ2v) is 8.52. The molecule has 2 atom stereocenters. The van der Waals surface area contributed by atoms with Crippen LogP contribution in [0.5, 0.6) is 11.5 Å². The minimum absolute atomic E-state index is 0.0437. The van der Waals surface area contributed by atoms with E-state index in [2.05, 4.69) is 20.6 Å². The van der Waals surface area contributed by atoms with Crippen molar-refractivity contribution in [3.05, 3.63) is 71.0 Å². The maximum atomic E-state index is 12.9. The number of rotatable bonds is 6. The summed E-state index contributed by atoms with van der Waals surface area (Å²) in [6.45, 7) is 2.15. The van der Waals surface area contributed by atoms with Crippen molar-refractivity contribution in [2.45, 2.75) is 18.6 Å². The van der Waals surface area contributed by atoms with E-state index >= 15 is 0 Å². The third-order valence-corrected chi connectivity index (χ3v) is 6.40. The lowest BCUT2D eigenvalue weighted by Gasteiger charge is -2.27. The monoisotopic (exact) mass is 472 g/mol. The van der Waals surface area contributed by atoms with Crippen molar-refractivity contribution in [1.29, 1.82) is 5.26 Å². The Balaban J connectivity index is 1.32. The fraction of sp³-hybridized carbons (Fsp3) is 0.280. The van der Waals surface area contributed by atoms with Crippen LogP contribution in [0.3, 0.4) is 0 Å². The van der Waals surface area contributed by atoms with Crippen LogP contribution in [0.2, 0.25) is 0 Å². The highest BCUT2D eigenvalue weighted by atomic mass is 16.5. The van der Waals surface area contributed by atoms with Crippen molar-refractivity contribution < 1.29 is 19.1 Å². The molecule has 0 unspecified atom stereocenters. The average molecular weight is 473 g/mol. The number of amides is 2. The van der Waals surface area contributed by atoms with Crippen molar-refractivity contribution in [1.82, 2.24) is 20.0 Å². The Kier molecular flexibility index (Phi) is 5.84. The van der Waals surface area contributed by atoms with Gasteiger partial charge in [-0.3, -0.25) is 19.2 Å². The number of aromatic nitrogens is 2. The predicted molar refractivity (Wildman–Crippen MR) is 126 cm³/mol. The quantitative estimate of drug-likeness (QED) is 0.564. The van der Waals surface area contributed by atoms with E-state index in [1.807, 2.05) is 30.3 Å². The lowest BCUT2D eigenvalue weighted by Crippen LogP contribution is -2.47. The number of ether oxygens (including phenoxy) is 2. The molecule has 0 saturated carbocycles. The maximum Gasteiger partial charge on any atom is 0.272 e. The molecule has 0 radical (unpaired) electrons. The third-order valence-electron chi connectivity index (χ3n) is 6.40. The van der Waals surface area contributed by atoms with E-state index in [0.717, 1.165) is 17.9 Å².